The van der Waals surface area contributed by atoms with Gasteiger partial charge >= 0.3 is 0 Å². The molecule has 0 spiro atoms. The van der Waals surface area contributed by atoms with Crippen LogP contribution in [0.15, 0.2) is 73.1 Å². The molecule has 0 aliphatic heterocycles. The lowest BCUT2D eigenvalue weighted by atomic mass is 10.1. The maximum absolute atomic E-state index is 12.7. The molecule has 0 aliphatic rings. The van der Waals surface area contributed by atoms with E-state index in [0.29, 0.717) is 22.5 Å². The Labute approximate surface area is 146 Å². The molecule has 0 aliphatic carbocycles. The van der Waals surface area contributed by atoms with Gasteiger partial charge in [-0.15, -0.1) is 0 Å². The van der Waals surface area contributed by atoms with Crippen molar-refractivity contribution >= 4 is 23.0 Å². The number of nitrogens with one attached hydrogen (secondary N) is 1. The van der Waals surface area contributed by atoms with Gasteiger partial charge in [0.25, 0.3) is 5.91 Å². The fourth-order valence-electron chi connectivity index (χ4n) is 2.43. The Balaban J connectivity index is 1.84. The molecule has 25 heavy (non-hydrogen) atoms. The van der Waals surface area contributed by atoms with E-state index in [1.165, 1.54) is 6.20 Å². The van der Waals surface area contributed by atoms with Crippen molar-refractivity contribution in [3.63, 3.8) is 0 Å². The van der Waals surface area contributed by atoms with Crippen molar-refractivity contribution in [2.24, 2.45) is 0 Å². The molecule has 0 fully saturated rings. The lowest BCUT2D eigenvalue weighted by molar-refractivity contribution is 0.0992. The minimum absolute atomic E-state index is 0.157. The Hall–Kier alpha value is -3.65. The van der Waals surface area contributed by atoms with Gasteiger partial charge in [-0.25, -0.2) is 0 Å². The number of hydrogen-bond donors (Lipinski definition) is 1. The summed E-state index contributed by atoms with van der Waals surface area (Å²) in [6.07, 6.45) is 3.15. The van der Waals surface area contributed by atoms with E-state index in [1.54, 1.807) is 36.3 Å². The number of pyridine rings is 1. The van der Waals surface area contributed by atoms with E-state index in [4.69, 9.17) is 0 Å². The van der Waals surface area contributed by atoms with E-state index in [-0.39, 0.29) is 5.91 Å². The number of benzene rings is 2. The number of amides is 1. The highest BCUT2D eigenvalue weighted by molar-refractivity contribution is 6.06. The first kappa shape index (κ1) is 16.2. The van der Waals surface area contributed by atoms with E-state index in [9.17, 15) is 10.1 Å². The van der Waals surface area contributed by atoms with Crippen molar-refractivity contribution in [3.05, 3.63) is 84.2 Å². The molecular formula is C20H16N4O. The van der Waals surface area contributed by atoms with Crippen LogP contribution in [-0.4, -0.2) is 17.9 Å². The van der Waals surface area contributed by atoms with Crippen molar-refractivity contribution in [1.82, 2.24) is 4.98 Å². The van der Waals surface area contributed by atoms with Crippen LogP contribution in [0, 0.1) is 11.3 Å². The zero-order chi connectivity index (χ0) is 17.6. The average Bonchev–Trinajstić information content (AvgIpc) is 2.68. The molecule has 1 N–H and O–H groups in total. The quantitative estimate of drug-likeness (QED) is 0.786. The number of hydrogen-bond acceptors (Lipinski definition) is 4. The highest BCUT2D eigenvalue weighted by Crippen LogP contribution is 2.21. The molecule has 3 aromatic rings. The highest BCUT2D eigenvalue weighted by Gasteiger charge is 2.14. The lowest BCUT2D eigenvalue weighted by Crippen LogP contribution is -2.26. The molecule has 1 heterocycles. The molecule has 0 radical (unpaired) electrons. The van der Waals surface area contributed by atoms with Crippen LogP contribution in [0.5, 0.6) is 0 Å². The molecule has 5 nitrogen and oxygen atoms in total. The molecule has 0 unspecified atom stereocenters. The molecule has 0 saturated heterocycles. The van der Waals surface area contributed by atoms with Crippen LogP contribution in [0.25, 0.3) is 0 Å². The van der Waals surface area contributed by atoms with Gasteiger partial charge in [-0.2, -0.15) is 5.26 Å². The van der Waals surface area contributed by atoms with Gasteiger partial charge < -0.3 is 10.2 Å². The zero-order valence-corrected chi connectivity index (χ0v) is 13.7. The number of anilines is 3. The number of rotatable bonds is 4. The summed E-state index contributed by atoms with van der Waals surface area (Å²) in [6, 6.07) is 20.5. The molecule has 0 saturated carbocycles. The smallest absolute Gasteiger partial charge is 0.259 e. The maximum Gasteiger partial charge on any atom is 0.259 e. The largest absolute Gasteiger partial charge is 0.353 e. The molecule has 3 rings (SSSR count). The Morgan fingerprint density at radius 1 is 1.08 bits per heavy atom. The van der Waals surface area contributed by atoms with E-state index >= 15 is 0 Å². The van der Waals surface area contributed by atoms with Gasteiger partial charge in [0.05, 0.1) is 28.7 Å². The molecule has 5 heteroatoms. The van der Waals surface area contributed by atoms with Crippen LogP contribution >= 0.6 is 0 Å². The number of para-hydroxylation sites is 2. The third-order valence-electron chi connectivity index (χ3n) is 3.76. The fourth-order valence-corrected chi connectivity index (χ4v) is 2.43. The second-order valence-corrected chi connectivity index (χ2v) is 5.44. The minimum Gasteiger partial charge on any atom is -0.353 e. The molecule has 0 atom stereocenters. The average molecular weight is 328 g/mol. The van der Waals surface area contributed by atoms with Gasteiger partial charge in [0.15, 0.2) is 0 Å². The summed E-state index contributed by atoms with van der Waals surface area (Å²) >= 11 is 0. The predicted molar refractivity (Wildman–Crippen MR) is 97.9 cm³/mol. The Morgan fingerprint density at radius 2 is 1.80 bits per heavy atom. The Morgan fingerprint density at radius 3 is 2.56 bits per heavy atom. The number of carbonyl (C=O) groups is 1. The molecular weight excluding hydrogens is 312 g/mol. The molecule has 1 amide bonds. The first-order valence-electron chi connectivity index (χ1n) is 7.73. The van der Waals surface area contributed by atoms with Gasteiger partial charge in [-0.3, -0.25) is 9.78 Å². The predicted octanol–water partition coefficient (Wildman–Crippen LogP) is 3.97. The van der Waals surface area contributed by atoms with Gasteiger partial charge in [-0.05, 0) is 30.3 Å². The van der Waals surface area contributed by atoms with Crippen LogP contribution in [0.1, 0.15) is 15.9 Å². The van der Waals surface area contributed by atoms with E-state index in [2.05, 4.69) is 16.4 Å². The van der Waals surface area contributed by atoms with Gasteiger partial charge in [0.1, 0.15) is 6.07 Å². The van der Waals surface area contributed by atoms with Crippen LogP contribution in [0.2, 0.25) is 0 Å². The second-order valence-electron chi connectivity index (χ2n) is 5.44. The molecule has 0 bridgehead atoms. The van der Waals surface area contributed by atoms with Crippen molar-refractivity contribution in [2.75, 3.05) is 17.3 Å². The third-order valence-corrected chi connectivity index (χ3v) is 3.76. The summed E-state index contributed by atoms with van der Waals surface area (Å²) in [6.45, 7) is 0. The Bertz CT molecular complexity index is 932. The molecule has 1 aromatic heterocycles. The van der Waals surface area contributed by atoms with Gasteiger partial charge in [0, 0.05) is 18.9 Å². The second kappa shape index (κ2) is 7.28. The molecule has 2 aromatic carbocycles. The van der Waals surface area contributed by atoms with E-state index < -0.39 is 0 Å². The summed E-state index contributed by atoms with van der Waals surface area (Å²) in [5, 5.41) is 12.3. The van der Waals surface area contributed by atoms with E-state index in [0.717, 1.165) is 5.69 Å². The molecule has 122 valence electrons. The number of aromatic nitrogens is 1. The SMILES string of the molecule is CN(C(=O)c1cncc(Nc2ccccc2C#N)c1)c1ccccc1. The van der Waals surface area contributed by atoms with Crippen LogP contribution in [-0.2, 0) is 0 Å². The van der Waals surface area contributed by atoms with Crippen LogP contribution in [0.4, 0.5) is 17.1 Å². The summed E-state index contributed by atoms with van der Waals surface area (Å²) in [5.41, 5.74) is 3.12. The van der Waals surface area contributed by atoms with Crippen LogP contribution < -0.4 is 10.2 Å². The third kappa shape index (κ3) is 3.65. The standard InChI is InChI=1S/C20H16N4O/c1-24(18-8-3-2-4-9-18)20(25)16-11-17(14-22-13-16)23-19-10-6-5-7-15(19)12-21/h2-11,13-14,23H,1H3. The summed E-state index contributed by atoms with van der Waals surface area (Å²) in [5.74, 6) is -0.157. The lowest BCUT2D eigenvalue weighted by Gasteiger charge is -2.17. The van der Waals surface area contributed by atoms with Gasteiger partial charge in [0.2, 0.25) is 0 Å². The number of carbonyl (C=O) groups excluding carboxylic acids is 1. The summed E-state index contributed by atoms with van der Waals surface area (Å²) in [7, 11) is 1.72. The fraction of sp³-hybridized carbons (Fsp3) is 0.0500. The monoisotopic (exact) mass is 328 g/mol. The zero-order valence-electron chi connectivity index (χ0n) is 13.7. The van der Waals surface area contributed by atoms with Crippen molar-refractivity contribution in [2.45, 2.75) is 0 Å². The maximum atomic E-state index is 12.7. The van der Waals surface area contributed by atoms with Crippen molar-refractivity contribution in [1.29, 1.82) is 5.26 Å². The number of nitriles is 1. The van der Waals surface area contributed by atoms with Crippen molar-refractivity contribution in [3.8, 4) is 6.07 Å². The Kier molecular flexibility index (Phi) is 4.72. The summed E-state index contributed by atoms with van der Waals surface area (Å²) < 4.78 is 0. The van der Waals surface area contributed by atoms with Gasteiger partial charge in [-0.1, -0.05) is 30.3 Å². The summed E-state index contributed by atoms with van der Waals surface area (Å²) in [4.78, 5) is 18.4. The minimum atomic E-state index is -0.157. The van der Waals surface area contributed by atoms with Crippen molar-refractivity contribution < 1.29 is 4.79 Å². The normalized spacial score (nSPS) is 9.92. The van der Waals surface area contributed by atoms with E-state index in [1.807, 2.05) is 42.5 Å². The first-order chi connectivity index (χ1) is 12.2. The van der Waals surface area contributed by atoms with Crippen LogP contribution in [0.3, 0.4) is 0 Å². The first-order valence-corrected chi connectivity index (χ1v) is 7.73. The number of nitrogens with zero attached hydrogens (tertiary/aromatic N) is 3. The topological polar surface area (TPSA) is 69.0 Å². The highest BCUT2D eigenvalue weighted by atomic mass is 16.2.